The summed E-state index contributed by atoms with van der Waals surface area (Å²) in [5, 5.41) is 12.8. The second-order valence-electron chi connectivity index (χ2n) is 7.65. The Bertz CT molecular complexity index is 584. The lowest BCUT2D eigenvalue weighted by Gasteiger charge is -2.32. The molecule has 1 saturated heterocycles. The van der Waals surface area contributed by atoms with Crippen LogP contribution < -0.4 is 10.1 Å². The van der Waals surface area contributed by atoms with E-state index in [1.54, 1.807) is 6.07 Å². The summed E-state index contributed by atoms with van der Waals surface area (Å²) in [5.74, 6) is 1.57. The number of aromatic hydroxyl groups is 1. The van der Waals surface area contributed by atoms with Gasteiger partial charge in [-0.1, -0.05) is 6.07 Å². The molecule has 0 radical (unpaired) electrons. The van der Waals surface area contributed by atoms with E-state index in [4.69, 9.17) is 4.74 Å². The van der Waals surface area contributed by atoms with Crippen LogP contribution in [0.5, 0.6) is 11.5 Å². The van der Waals surface area contributed by atoms with Gasteiger partial charge in [-0.15, -0.1) is 0 Å². The van der Waals surface area contributed by atoms with Crippen molar-refractivity contribution in [2.24, 2.45) is 5.92 Å². The van der Waals surface area contributed by atoms with Gasteiger partial charge in [0.15, 0.2) is 11.5 Å². The Hall–Kier alpha value is -1.79. The summed E-state index contributed by atoms with van der Waals surface area (Å²) in [5.41, 5.74) is 1.16. The average Bonchev–Trinajstić information content (AvgIpc) is 2.64. The van der Waals surface area contributed by atoms with E-state index in [2.05, 4.69) is 15.1 Å². The maximum absolute atomic E-state index is 11.9. The van der Waals surface area contributed by atoms with Gasteiger partial charge in [0, 0.05) is 26.1 Å². The van der Waals surface area contributed by atoms with Crippen LogP contribution in [-0.4, -0.2) is 67.7 Å². The van der Waals surface area contributed by atoms with E-state index in [1.807, 2.05) is 33.2 Å². The number of nitrogens with one attached hydrogen (secondary N) is 1. The maximum atomic E-state index is 11.9. The number of ether oxygens (including phenoxy) is 1. The Morgan fingerprint density at radius 3 is 2.74 bits per heavy atom. The average molecular weight is 378 g/mol. The quantitative estimate of drug-likeness (QED) is 0.656. The molecular formula is C21H35N3O3. The zero-order chi connectivity index (χ0) is 19.6. The Kier molecular flexibility index (Phi) is 8.88. The molecule has 0 saturated carbocycles. The molecule has 2 rings (SSSR count). The highest BCUT2D eigenvalue weighted by atomic mass is 16.5. The Labute approximate surface area is 163 Å². The van der Waals surface area contributed by atoms with Crippen LogP contribution in [0.3, 0.4) is 0 Å². The van der Waals surface area contributed by atoms with Crippen molar-refractivity contribution in [3.05, 3.63) is 23.8 Å². The van der Waals surface area contributed by atoms with Crippen molar-refractivity contribution in [3.63, 3.8) is 0 Å². The largest absolute Gasteiger partial charge is 0.504 e. The molecule has 1 aromatic rings. The summed E-state index contributed by atoms with van der Waals surface area (Å²) < 4.78 is 5.47. The molecule has 1 aliphatic heterocycles. The van der Waals surface area contributed by atoms with Gasteiger partial charge in [0.1, 0.15) is 0 Å². The van der Waals surface area contributed by atoms with E-state index in [1.165, 1.54) is 0 Å². The number of amides is 1. The molecule has 0 unspecified atom stereocenters. The molecule has 1 aliphatic rings. The van der Waals surface area contributed by atoms with E-state index in [9.17, 15) is 9.90 Å². The van der Waals surface area contributed by atoms with Gasteiger partial charge in [0.2, 0.25) is 5.91 Å². The summed E-state index contributed by atoms with van der Waals surface area (Å²) in [6.07, 6.45) is 3.89. The van der Waals surface area contributed by atoms with E-state index >= 15 is 0 Å². The van der Waals surface area contributed by atoms with Crippen molar-refractivity contribution in [1.29, 1.82) is 0 Å². The van der Waals surface area contributed by atoms with Crippen molar-refractivity contribution < 1.29 is 14.6 Å². The van der Waals surface area contributed by atoms with Gasteiger partial charge in [-0.3, -0.25) is 9.69 Å². The van der Waals surface area contributed by atoms with Crippen molar-refractivity contribution in [1.82, 2.24) is 15.1 Å². The third-order valence-corrected chi connectivity index (χ3v) is 5.10. The zero-order valence-corrected chi connectivity index (χ0v) is 17.0. The second kappa shape index (κ2) is 11.1. The lowest BCUT2D eigenvalue weighted by Crippen LogP contribution is -2.34. The maximum Gasteiger partial charge on any atom is 0.220 e. The molecule has 152 valence electrons. The van der Waals surface area contributed by atoms with Crippen LogP contribution in [-0.2, 0) is 11.3 Å². The minimum absolute atomic E-state index is 0.173. The predicted molar refractivity (Wildman–Crippen MR) is 108 cm³/mol. The van der Waals surface area contributed by atoms with Gasteiger partial charge < -0.3 is 20.1 Å². The minimum atomic E-state index is 0.173. The Morgan fingerprint density at radius 2 is 2.07 bits per heavy atom. The normalized spacial score (nSPS) is 15.9. The number of piperidine rings is 1. The molecule has 6 heteroatoms. The predicted octanol–water partition coefficient (Wildman–Crippen LogP) is 2.46. The molecule has 1 fully saturated rings. The number of likely N-dealkylation sites (tertiary alicyclic amines) is 1. The number of likely N-dealkylation sites (N-methyl/N-ethyl adjacent to an activating group) is 1. The number of rotatable bonds is 10. The summed E-state index contributed by atoms with van der Waals surface area (Å²) in [6, 6.07) is 5.60. The van der Waals surface area contributed by atoms with Crippen molar-refractivity contribution in [3.8, 4) is 11.5 Å². The molecule has 2 N–H and O–H groups in total. The lowest BCUT2D eigenvalue weighted by molar-refractivity contribution is -0.121. The number of carbonyl (C=O) groups is 1. The first-order chi connectivity index (χ1) is 13.0. The van der Waals surface area contributed by atoms with Crippen molar-refractivity contribution in [2.45, 2.75) is 39.2 Å². The van der Waals surface area contributed by atoms with Gasteiger partial charge >= 0.3 is 0 Å². The lowest BCUT2D eigenvalue weighted by atomic mass is 9.92. The van der Waals surface area contributed by atoms with Crippen LogP contribution in [0.1, 0.15) is 38.2 Å². The fourth-order valence-electron chi connectivity index (χ4n) is 3.46. The highest BCUT2D eigenvalue weighted by Crippen LogP contribution is 2.28. The molecule has 27 heavy (non-hydrogen) atoms. The number of nitrogens with zero attached hydrogens (tertiary/aromatic N) is 2. The first kappa shape index (κ1) is 21.5. The SMILES string of the molecule is CCOc1cc(CN2CCC(CCC(=O)NCCN(C)C)CC2)ccc1O. The van der Waals surface area contributed by atoms with Crippen molar-refractivity contribution >= 4 is 5.91 Å². The number of carbonyl (C=O) groups excluding carboxylic acids is 1. The smallest absolute Gasteiger partial charge is 0.220 e. The highest BCUT2D eigenvalue weighted by molar-refractivity contribution is 5.75. The number of hydrogen-bond acceptors (Lipinski definition) is 5. The first-order valence-corrected chi connectivity index (χ1v) is 10.1. The van der Waals surface area contributed by atoms with Gasteiger partial charge in [0.25, 0.3) is 0 Å². The van der Waals surface area contributed by atoms with Crippen LogP contribution in [0, 0.1) is 5.92 Å². The fourth-order valence-corrected chi connectivity index (χ4v) is 3.46. The van der Waals surface area contributed by atoms with Crippen LogP contribution >= 0.6 is 0 Å². The Balaban J connectivity index is 1.68. The summed E-state index contributed by atoms with van der Waals surface area (Å²) in [4.78, 5) is 16.4. The second-order valence-corrected chi connectivity index (χ2v) is 7.65. The summed E-state index contributed by atoms with van der Waals surface area (Å²) >= 11 is 0. The first-order valence-electron chi connectivity index (χ1n) is 10.1. The van der Waals surface area contributed by atoms with Crippen LogP contribution in [0.15, 0.2) is 18.2 Å². The van der Waals surface area contributed by atoms with Crippen LogP contribution in [0.25, 0.3) is 0 Å². The highest BCUT2D eigenvalue weighted by Gasteiger charge is 2.20. The molecule has 0 aliphatic carbocycles. The van der Waals surface area contributed by atoms with E-state index in [0.717, 1.165) is 57.5 Å². The Morgan fingerprint density at radius 1 is 1.33 bits per heavy atom. The van der Waals surface area contributed by atoms with Crippen molar-refractivity contribution in [2.75, 3.05) is 46.9 Å². The van der Waals surface area contributed by atoms with Crippen LogP contribution in [0.2, 0.25) is 0 Å². The molecular weight excluding hydrogens is 342 g/mol. The molecule has 1 amide bonds. The third-order valence-electron chi connectivity index (χ3n) is 5.10. The molecule has 6 nitrogen and oxygen atoms in total. The molecule has 0 aromatic heterocycles. The summed E-state index contributed by atoms with van der Waals surface area (Å²) in [7, 11) is 4.02. The third kappa shape index (κ3) is 7.77. The van der Waals surface area contributed by atoms with E-state index in [0.29, 0.717) is 24.7 Å². The molecule has 0 atom stereocenters. The number of benzene rings is 1. The topological polar surface area (TPSA) is 65.0 Å². The fraction of sp³-hybridized carbons (Fsp3) is 0.667. The zero-order valence-electron chi connectivity index (χ0n) is 17.0. The van der Waals surface area contributed by atoms with Gasteiger partial charge in [-0.05, 0) is 77.0 Å². The van der Waals surface area contributed by atoms with Crippen LogP contribution in [0.4, 0.5) is 0 Å². The monoisotopic (exact) mass is 377 g/mol. The summed E-state index contributed by atoms with van der Waals surface area (Å²) in [6.45, 7) is 7.05. The molecule has 0 spiro atoms. The molecule has 1 heterocycles. The number of phenols is 1. The minimum Gasteiger partial charge on any atom is -0.504 e. The molecule has 1 aromatic carbocycles. The van der Waals surface area contributed by atoms with E-state index in [-0.39, 0.29) is 11.7 Å². The standard InChI is InChI=1S/C21H35N3O3/c1-4-27-20-15-18(5-7-19(20)25)16-24-12-9-17(10-13-24)6-8-21(26)22-11-14-23(2)3/h5,7,15,17,25H,4,6,8-14,16H2,1-3H3,(H,22,26). The number of hydrogen-bond donors (Lipinski definition) is 2. The van der Waals surface area contributed by atoms with E-state index < -0.39 is 0 Å². The number of phenolic OH excluding ortho intramolecular Hbond substituents is 1. The van der Waals surface area contributed by atoms with Gasteiger partial charge in [-0.25, -0.2) is 0 Å². The molecule has 0 bridgehead atoms. The van der Waals surface area contributed by atoms with Gasteiger partial charge in [0.05, 0.1) is 6.61 Å². The van der Waals surface area contributed by atoms with Gasteiger partial charge in [-0.2, -0.15) is 0 Å².